The van der Waals surface area contributed by atoms with E-state index in [1.54, 1.807) is 0 Å². The average molecular weight is 361 g/mol. The van der Waals surface area contributed by atoms with Gasteiger partial charge in [0.15, 0.2) is 5.65 Å². The highest BCUT2D eigenvalue weighted by Gasteiger charge is 2.43. The Morgan fingerprint density at radius 1 is 1.28 bits per heavy atom. The van der Waals surface area contributed by atoms with Gasteiger partial charge in [0.25, 0.3) is 12.3 Å². The first-order valence-electron chi connectivity index (χ1n) is 7.65. The molecule has 0 aromatic carbocycles. The zero-order valence-corrected chi connectivity index (χ0v) is 12.9. The predicted molar refractivity (Wildman–Crippen MR) is 77.7 cm³/mol. The van der Waals surface area contributed by atoms with E-state index in [1.807, 2.05) is 0 Å². The van der Waals surface area contributed by atoms with Crippen LogP contribution in [-0.2, 0) is 4.79 Å². The highest BCUT2D eigenvalue weighted by Crippen LogP contribution is 2.36. The molecule has 7 nitrogen and oxygen atoms in total. The van der Waals surface area contributed by atoms with E-state index in [1.165, 1.54) is 12.1 Å². The maximum absolute atomic E-state index is 14.3. The summed E-state index contributed by atoms with van der Waals surface area (Å²) in [6.45, 7) is 0. The topological polar surface area (TPSA) is 92.4 Å². The van der Waals surface area contributed by atoms with Crippen LogP contribution in [0.5, 0.6) is 0 Å². The summed E-state index contributed by atoms with van der Waals surface area (Å²) in [4.78, 5) is 11.0. The number of carbonyl (C=O) groups is 1. The minimum atomic E-state index is -3.14. The number of hydrogen-bond acceptors (Lipinski definition) is 5. The number of nitrogens with zero attached hydrogens (tertiary/aromatic N) is 4. The third-order valence-electron chi connectivity index (χ3n) is 4.29. The van der Waals surface area contributed by atoms with Gasteiger partial charge in [-0.15, -0.1) is 15.3 Å². The van der Waals surface area contributed by atoms with E-state index in [4.69, 9.17) is 5.11 Å². The van der Waals surface area contributed by atoms with Gasteiger partial charge in [-0.25, -0.2) is 17.6 Å². The molecule has 0 bridgehead atoms. The molecule has 2 N–H and O–H groups in total. The van der Waals surface area contributed by atoms with Crippen LogP contribution in [0.2, 0.25) is 0 Å². The number of carboxylic acid groups (broad SMARTS) is 1. The number of aromatic nitrogens is 4. The van der Waals surface area contributed by atoms with Crippen molar-refractivity contribution in [3.8, 4) is 0 Å². The van der Waals surface area contributed by atoms with Crippen molar-refractivity contribution >= 4 is 17.4 Å². The molecule has 3 rings (SSSR count). The van der Waals surface area contributed by atoms with Crippen molar-refractivity contribution in [2.75, 3.05) is 5.32 Å². The molecule has 2 aromatic rings. The van der Waals surface area contributed by atoms with Gasteiger partial charge in [-0.2, -0.15) is 4.52 Å². The zero-order valence-electron chi connectivity index (χ0n) is 12.9. The third kappa shape index (κ3) is 3.49. The molecule has 2 atom stereocenters. The van der Waals surface area contributed by atoms with Gasteiger partial charge in [-0.05, 0) is 31.4 Å². The molecule has 2 aromatic heterocycles. The molecule has 0 unspecified atom stereocenters. The highest BCUT2D eigenvalue weighted by atomic mass is 19.3. The van der Waals surface area contributed by atoms with Gasteiger partial charge in [0.05, 0.1) is 12.0 Å². The molecule has 0 saturated heterocycles. The fourth-order valence-electron chi connectivity index (χ4n) is 2.89. The van der Waals surface area contributed by atoms with E-state index in [0.29, 0.717) is 0 Å². The largest absolute Gasteiger partial charge is 0.481 e. The van der Waals surface area contributed by atoms with Crippen LogP contribution in [0.3, 0.4) is 0 Å². The number of fused-ring (bicyclic) bond motifs is 1. The lowest BCUT2D eigenvalue weighted by molar-refractivity contribution is -0.142. The Balaban J connectivity index is 1.83. The monoisotopic (exact) mass is 361 g/mol. The number of anilines is 1. The Hall–Kier alpha value is -2.46. The fraction of sp³-hybridized carbons (Fsp3) is 0.571. The summed E-state index contributed by atoms with van der Waals surface area (Å²) >= 11 is 0. The quantitative estimate of drug-likeness (QED) is 0.643. The first kappa shape index (κ1) is 17.4. The summed E-state index contributed by atoms with van der Waals surface area (Å²) in [6.07, 6.45) is -3.58. The van der Waals surface area contributed by atoms with Crippen molar-refractivity contribution in [1.82, 2.24) is 19.8 Å². The second-order valence-corrected chi connectivity index (χ2v) is 5.96. The molecular formula is C14H15F4N5O2. The molecule has 0 amide bonds. The minimum absolute atomic E-state index is 0.0346. The highest BCUT2D eigenvalue weighted by molar-refractivity contribution is 5.70. The van der Waals surface area contributed by atoms with Crippen LogP contribution in [-0.4, -0.2) is 42.9 Å². The van der Waals surface area contributed by atoms with Gasteiger partial charge < -0.3 is 10.4 Å². The maximum atomic E-state index is 14.3. The standard InChI is InChI=1S/C14H15F4N5O2/c15-11(16)12-21-20-10-4-3-9(22-23(10)12)19-8-2-1-7(13(24)25)5-6-14(8,17)18/h3-4,7-8,11H,1-2,5-6H2,(H,19,22)(H,24,25)/t7-,8-/m1/s1. The molecule has 0 radical (unpaired) electrons. The van der Waals surface area contributed by atoms with Crippen LogP contribution >= 0.6 is 0 Å². The Kier molecular flexibility index (Phi) is 4.48. The van der Waals surface area contributed by atoms with Crippen molar-refractivity contribution in [3.63, 3.8) is 0 Å². The molecule has 0 aliphatic heterocycles. The Morgan fingerprint density at radius 3 is 2.72 bits per heavy atom. The minimum Gasteiger partial charge on any atom is -0.481 e. The molecule has 1 aliphatic rings. The molecule has 0 spiro atoms. The van der Waals surface area contributed by atoms with E-state index < -0.39 is 42.5 Å². The Labute approximate surface area is 139 Å². The smallest absolute Gasteiger partial charge is 0.306 e. The van der Waals surface area contributed by atoms with E-state index in [2.05, 4.69) is 20.6 Å². The summed E-state index contributed by atoms with van der Waals surface area (Å²) in [5.74, 6) is -5.78. The van der Waals surface area contributed by atoms with Gasteiger partial charge >= 0.3 is 5.97 Å². The normalized spacial score (nSPS) is 23.6. The second-order valence-electron chi connectivity index (χ2n) is 5.96. The summed E-state index contributed by atoms with van der Waals surface area (Å²) in [6, 6.07) is 1.34. The van der Waals surface area contributed by atoms with E-state index >= 15 is 0 Å². The number of alkyl halides is 4. The van der Waals surface area contributed by atoms with Gasteiger partial charge in [-0.3, -0.25) is 4.79 Å². The lowest BCUT2D eigenvalue weighted by Crippen LogP contribution is -2.39. The van der Waals surface area contributed by atoms with Crippen LogP contribution in [0.25, 0.3) is 5.65 Å². The summed E-state index contributed by atoms with van der Waals surface area (Å²) in [7, 11) is 0. The van der Waals surface area contributed by atoms with E-state index in [0.717, 1.165) is 4.52 Å². The van der Waals surface area contributed by atoms with Crippen LogP contribution in [0.15, 0.2) is 12.1 Å². The number of rotatable bonds is 4. The van der Waals surface area contributed by atoms with Crippen LogP contribution in [0.1, 0.15) is 37.9 Å². The fourth-order valence-corrected chi connectivity index (χ4v) is 2.89. The average Bonchev–Trinajstić information content (AvgIpc) is 2.89. The van der Waals surface area contributed by atoms with Gasteiger partial charge in [-0.1, -0.05) is 0 Å². The Bertz CT molecular complexity index is 782. The molecular weight excluding hydrogens is 346 g/mol. The van der Waals surface area contributed by atoms with E-state index in [9.17, 15) is 22.4 Å². The number of aliphatic carboxylic acids is 1. The SMILES string of the molecule is O=C(O)[C@@H]1CC[C@@H](Nc2ccc3nnc(C(F)F)n3n2)C(F)(F)CC1. The summed E-state index contributed by atoms with van der Waals surface area (Å²) < 4.78 is 55.1. The molecule has 1 fully saturated rings. The summed E-state index contributed by atoms with van der Waals surface area (Å²) in [5, 5.41) is 22.3. The molecule has 11 heteroatoms. The molecule has 2 heterocycles. The van der Waals surface area contributed by atoms with Crippen molar-refractivity contribution in [1.29, 1.82) is 0 Å². The lowest BCUT2D eigenvalue weighted by atomic mass is 10.0. The summed E-state index contributed by atoms with van der Waals surface area (Å²) in [5.41, 5.74) is 0.0689. The van der Waals surface area contributed by atoms with Crippen molar-refractivity contribution in [2.24, 2.45) is 5.92 Å². The predicted octanol–water partition coefficient (Wildman–Crippen LogP) is 2.75. The second kappa shape index (κ2) is 6.45. The van der Waals surface area contributed by atoms with Crippen molar-refractivity contribution < 1.29 is 27.5 Å². The van der Waals surface area contributed by atoms with E-state index in [-0.39, 0.29) is 30.7 Å². The van der Waals surface area contributed by atoms with Crippen LogP contribution in [0, 0.1) is 5.92 Å². The molecule has 136 valence electrons. The van der Waals surface area contributed by atoms with Crippen LogP contribution in [0.4, 0.5) is 23.4 Å². The zero-order chi connectivity index (χ0) is 18.2. The number of hydrogen-bond donors (Lipinski definition) is 2. The first-order valence-corrected chi connectivity index (χ1v) is 7.65. The number of carboxylic acids is 1. The van der Waals surface area contributed by atoms with Gasteiger partial charge in [0, 0.05) is 6.42 Å². The number of nitrogens with one attached hydrogen (secondary N) is 1. The maximum Gasteiger partial charge on any atom is 0.306 e. The first-order chi connectivity index (χ1) is 11.8. The van der Waals surface area contributed by atoms with Gasteiger partial charge in [0.1, 0.15) is 5.82 Å². The van der Waals surface area contributed by atoms with Crippen LogP contribution < -0.4 is 5.32 Å². The lowest BCUT2D eigenvalue weighted by Gasteiger charge is -2.26. The Morgan fingerprint density at radius 2 is 2.04 bits per heavy atom. The molecule has 1 aliphatic carbocycles. The number of halogens is 4. The third-order valence-corrected chi connectivity index (χ3v) is 4.29. The van der Waals surface area contributed by atoms with Crippen molar-refractivity contribution in [3.05, 3.63) is 18.0 Å². The molecule has 1 saturated carbocycles. The van der Waals surface area contributed by atoms with Crippen molar-refractivity contribution in [2.45, 2.75) is 44.1 Å². The van der Waals surface area contributed by atoms with Gasteiger partial charge in [0.2, 0.25) is 5.82 Å². The molecule has 25 heavy (non-hydrogen) atoms.